The van der Waals surface area contributed by atoms with Crippen LogP contribution in [0.1, 0.15) is 30.0 Å². The van der Waals surface area contributed by atoms with Gasteiger partial charge in [0.1, 0.15) is 5.82 Å². The van der Waals surface area contributed by atoms with E-state index in [1.807, 2.05) is 32.0 Å². The van der Waals surface area contributed by atoms with Gasteiger partial charge in [-0.3, -0.25) is 0 Å². The molecule has 0 saturated carbocycles. The first-order chi connectivity index (χ1) is 10.8. The van der Waals surface area contributed by atoms with Crippen molar-refractivity contribution in [3.63, 3.8) is 0 Å². The minimum Gasteiger partial charge on any atom is -0.338 e. The van der Waals surface area contributed by atoms with Gasteiger partial charge in [-0.25, -0.2) is 0 Å². The van der Waals surface area contributed by atoms with Gasteiger partial charge in [-0.05, 0) is 12.5 Å². The highest BCUT2D eigenvalue weighted by atomic mass is 32.2. The van der Waals surface area contributed by atoms with Crippen molar-refractivity contribution in [1.29, 1.82) is 0 Å². The summed E-state index contributed by atoms with van der Waals surface area (Å²) in [5.41, 5.74) is 1.22. The summed E-state index contributed by atoms with van der Waals surface area (Å²) in [5, 5.41) is 13.2. The van der Waals surface area contributed by atoms with Gasteiger partial charge < -0.3 is 9.09 Å². The van der Waals surface area contributed by atoms with E-state index in [1.165, 1.54) is 5.56 Å². The van der Waals surface area contributed by atoms with E-state index in [0.29, 0.717) is 11.6 Å². The van der Waals surface area contributed by atoms with Crippen LogP contribution in [-0.2, 0) is 18.7 Å². The van der Waals surface area contributed by atoms with Crippen molar-refractivity contribution in [3.05, 3.63) is 53.4 Å². The molecule has 7 heteroatoms. The maximum Gasteiger partial charge on any atom is 0.237 e. The van der Waals surface area contributed by atoms with Gasteiger partial charge in [0, 0.05) is 6.42 Å². The monoisotopic (exact) mass is 315 g/mol. The fourth-order valence-electron chi connectivity index (χ4n) is 2.04. The summed E-state index contributed by atoms with van der Waals surface area (Å²) in [5.74, 6) is 2.84. The SMILES string of the molecule is CCc1noc(CSc2nnc(C)n2Cc2ccccc2)n1. The first-order valence-electron chi connectivity index (χ1n) is 7.14. The lowest BCUT2D eigenvalue weighted by Gasteiger charge is -2.07. The molecule has 0 radical (unpaired) electrons. The normalized spacial score (nSPS) is 11.0. The Bertz CT molecular complexity index is 737. The average Bonchev–Trinajstić information content (AvgIpc) is 3.14. The minimum absolute atomic E-state index is 0.597. The van der Waals surface area contributed by atoms with Crippen LogP contribution in [-0.4, -0.2) is 24.9 Å². The Kier molecular flexibility index (Phi) is 4.53. The van der Waals surface area contributed by atoms with Crippen molar-refractivity contribution in [1.82, 2.24) is 24.9 Å². The molecule has 6 nitrogen and oxygen atoms in total. The second-order valence-corrected chi connectivity index (χ2v) is 5.79. The highest BCUT2D eigenvalue weighted by Gasteiger charge is 2.12. The van der Waals surface area contributed by atoms with E-state index in [0.717, 1.165) is 29.8 Å². The summed E-state index contributed by atoms with van der Waals surface area (Å²) in [7, 11) is 0. The number of aryl methyl sites for hydroxylation is 2. The summed E-state index contributed by atoms with van der Waals surface area (Å²) in [6, 6.07) is 10.3. The highest BCUT2D eigenvalue weighted by Crippen LogP contribution is 2.22. The smallest absolute Gasteiger partial charge is 0.237 e. The molecule has 3 aromatic rings. The lowest BCUT2D eigenvalue weighted by atomic mass is 10.2. The van der Waals surface area contributed by atoms with Crippen molar-refractivity contribution in [2.75, 3.05) is 0 Å². The van der Waals surface area contributed by atoms with Crippen LogP contribution in [0.4, 0.5) is 0 Å². The Morgan fingerprint density at radius 1 is 1.18 bits per heavy atom. The number of hydrogen-bond donors (Lipinski definition) is 0. The molecule has 0 bridgehead atoms. The third kappa shape index (κ3) is 3.36. The molecule has 2 heterocycles. The zero-order valence-corrected chi connectivity index (χ0v) is 13.4. The molecule has 0 aliphatic carbocycles. The van der Waals surface area contributed by atoms with Gasteiger partial charge in [-0.1, -0.05) is 54.2 Å². The van der Waals surface area contributed by atoms with Gasteiger partial charge in [-0.15, -0.1) is 10.2 Å². The maximum atomic E-state index is 5.20. The van der Waals surface area contributed by atoms with Crippen LogP contribution in [0.2, 0.25) is 0 Å². The molecule has 114 valence electrons. The van der Waals surface area contributed by atoms with E-state index in [2.05, 4.69) is 37.0 Å². The van der Waals surface area contributed by atoms with E-state index in [-0.39, 0.29) is 0 Å². The quantitative estimate of drug-likeness (QED) is 0.651. The Morgan fingerprint density at radius 2 is 2.00 bits per heavy atom. The standard InChI is InChI=1S/C15H17N5OS/c1-3-13-16-14(21-19-13)10-22-15-18-17-11(2)20(15)9-12-7-5-4-6-8-12/h4-8H,3,9-10H2,1-2H3. The van der Waals surface area contributed by atoms with Gasteiger partial charge in [-0.2, -0.15) is 4.98 Å². The Hall–Kier alpha value is -2.15. The Balaban J connectivity index is 1.71. The highest BCUT2D eigenvalue weighted by molar-refractivity contribution is 7.98. The van der Waals surface area contributed by atoms with E-state index >= 15 is 0 Å². The number of aromatic nitrogens is 5. The topological polar surface area (TPSA) is 69.6 Å². The predicted octanol–water partition coefficient (Wildman–Crippen LogP) is 2.87. The van der Waals surface area contributed by atoms with Crippen LogP contribution >= 0.6 is 11.8 Å². The number of hydrogen-bond acceptors (Lipinski definition) is 6. The third-order valence-electron chi connectivity index (χ3n) is 3.24. The fourth-order valence-corrected chi connectivity index (χ4v) is 2.86. The fraction of sp³-hybridized carbons (Fsp3) is 0.333. The maximum absolute atomic E-state index is 5.20. The van der Waals surface area contributed by atoms with Crippen LogP contribution in [0.3, 0.4) is 0 Å². The molecule has 1 aromatic carbocycles. The lowest BCUT2D eigenvalue weighted by Crippen LogP contribution is -2.03. The number of nitrogens with zero attached hydrogens (tertiary/aromatic N) is 5. The molecule has 0 aliphatic heterocycles. The number of benzene rings is 1. The van der Waals surface area contributed by atoms with Crippen LogP contribution < -0.4 is 0 Å². The second-order valence-electron chi connectivity index (χ2n) is 4.85. The van der Waals surface area contributed by atoms with Crippen LogP contribution in [0, 0.1) is 6.92 Å². The van der Waals surface area contributed by atoms with Crippen LogP contribution in [0.25, 0.3) is 0 Å². The van der Waals surface area contributed by atoms with E-state index < -0.39 is 0 Å². The summed E-state index contributed by atoms with van der Waals surface area (Å²) in [6.45, 7) is 4.72. The Morgan fingerprint density at radius 3 is 2.73 bits per heavy atom. The lowest BCUT2D eigenvalue weighted by molar-refractivity contribution is 0.385. The molecule has 0 fully saturated rings. The molecule has 0 aliphatic rings. The molecule has 0 N–H and O–H groups in total. The van der Waals surface area contributed by atoms with Crippen molar-refractivity contribution in [2.45, 2.75) is 37.7 Å². The van der Waals surface area contributed by atoms with Gasteiger partial charge in [0.05, 0.1) is 12.3 Å². The molecule has 0 amide bonds. The molecule has 22 heavy (non-hydrogen) atoms. The predicted molar refractivity (Wildman–Crippen MR) is 83.5 cm³/mol. The molecule has 3 rings (SSSR count). The molecular formula is C15H17N5OS. The molecule has 2 aromatic heterocycles. The van der Waals surface area contributed by atoms with Gasteiger partial charge in [0.2, 0.25) is 5.89 Å². The molecule has 0 saturated heterocycles. The zero-order chi connectivity index (χ0) is 15.4. The van der Waals surface area contributed by atoms with Crippen molar-refractivity contribution >= 4 is 11.8 Å². The van der Waals surface area contributed by atoms with Gasteiger partial charge in [0.15, 0.2) is 11.0 Å². The molecular weight excluding hydrogens is 298 g/mol. The van der Waals surface area contributed by atoms with E-state index in [9.17, 15) is 0 Å². The first-order valence-corrected chi connectivity index (χ1v) is 8.13. The van der Waals surface area contributed by atoms with Gasteiger partial charge >= 0.3 is 0 Å². The van der Waals surface area contributed by atoms with Crippen molar-refractivity contribution < 1.29 is 4.52 Å². The molecule has 0 atom stereocenters. The molecule has 0 unspecified atom stereocenters. The van der Waals surface area contributed by atoms with Crippen LogP contribution in [0.15, 0.2) is 40.0 Å². The summed E-state index contributed by atoms with van der Waals surface area (Å²) >= 11 is 1.56. The van der Waals surface area contributed by atoms with Crippen LogP contribution in [0.5, 0.6) is 0 Å². The van der Waals surface area contributed by atoms with E-state index in [1.54, 1.807) is 11.8 Å². The number of thioether (sulfide) groups is 1. The minimum atomic E-state index is 0.597. The molecule has 0 spiro atoms. The second kappa shape index (κ2) is 6.74. The van der Waals surface area contributed by atoms with E-state index in [4.69, 9.17) is 4.52 Å². The summed E-state index contributed by atoms with van der Waals surface area (Å²) in [6.07, 6.45) is 0.775. The van der Waals surface area contributed by atoms with Gasteiger partial charge in [0.25, 0.3) is 0 Å². The summed E-state index contributed by atoms with van der Waals surface area (Å²) < 4.78 is 7.30. The van der Waals surface area contributed by atoms with Crippen molar-refractivity contribution in [3.8, 4) is 0 Å². The Labute approximate surface area is 133 Å². The third-order valence-corrected chi connectivity index (χ3v) is 4.19. The summed E-state index contributed by atoms with van der Waals surface area (Å²) in [4.78, 5) is 4.31. The average molecular weight is 315 g/mol. The number of rotatable bonds is 6. The first kappa shape index (κ1) is 14.8. The van der Waals surface area contributed by atoms with Crippen molar-refractivity contribution in [2.24, 2.45) is 0 Å². The zero-order valence-electron chi connectivity index (χ0n) is 12.6. The largest absolute Gasteiger partial charge is 0.338 e.